The number of pyridine rings is 2. The molecule has 2 saturated heterocycles. The first-order valence-electron chi connectivity index (χ1n) is 23.9. The van der Waals surface area contributed by atoms with E-state index in [0.29, 0.717) is 27.7 Å². The normalized spacial score (nSPS) is 17.1. The van der Waals surface area contributed by atoms with E-state index < -0.39 is 65.2 Å². The first-order valence-corrected chi connectivity index (χ1v) is 24.2. The molecule has 0 unspecified atom stereocenters. The number of carboxylic acids is 2. The summed E-state index contributed by atoms with van der Waals surface area (Å²) in [5.41, 5.74) is 2.92. The van der Waals surface area contributed by atoms with E-state index in [1.54, 1.807) is 76.5 Å². The van der Waals surface area contributed by atoms with Gasteiger partial charge in [-0.15, -0.1) is 5.60 Å². The SMILES string of the molecule is CC(C)(C)OC(=O)N1C[C@H](O)C[C@H]1C(=O)O.CC(C)(C)[O-].COc1ccc2c(Cl)cc(-c3ccccc3)nc2c1.COc1ccc2c(O[C@@H]3C[C@@H](C(=O)O)N(C(=O)OC(C)(C)C)C3)cc(-c3ccccc3)nc2c1.[K+]. The molecule has 2 fully saturated rings. The van der Waals surface area contributed by atoms with E-state index in [9.17, 15) is 34.5 Å². The molecular weight excluding hydrogens is 1010 g/mol. The van der Waals surface area contributed by atoms with Crippen molar-refractivity contribution in [3.05, 3.63) is 114 Å². The maximum absolute atomic E-state index is 12.7. The van der Waals surface area contributed by atoms with Crippen molar-refractivity contribution in [2.75, 3.05) is 27.3 Å². The van der Waals surface area contributed by atoms with Crippen molar-refractivity contribution >= 4 is 57.5 Å². The number of halogens is 1. The smallest absolute Gasteiger partial charge is 0.850 e. The largest absolute Gasteiger partial charge is 1.00 e. The maximum atomic E-state index is 12.7. The average Bonchev–Trinajstić information content (AvgIpc) is 3.95. The zero-order chi connectivity index (χ0) is 54.7. The number of carbonyl (C=O) groups is 4. The van der Waals surface area contributed by atoms with E-state index in [2.05, 4.69) is 4.98 Å². The van der Waals surface area contributed by atoms with Crippen LogP contribution in [-0.4, -0.2) is 128 Å². The zero-order valence-electron chi connectivity index (χ0n) is 44.6. The number of ether oxygens (including phenoxy) is 5. The van der Waals surface area contributed by atoms with Crippen LogP contribution in [0.1, 0.15) is 75.2 Å². The Balaban J connectivity index is 0.000000250. The first-order chi connectivity index (χ1) is 34.6. The summed E-state index contributed by atoms with van der Waals surface area (Å²) in [6.45, 7) is 15.3. The number of aliphatic hydroxyl groups excluding tert-OH is 1. The number of β-amino-alcohol motifs (C(OH)–C–C–N with tert-alkyl or cyclic N) is 1. The van der Waals surface area contributed by atoms with Gasteiger partial charge in [0.15, 0.2) is 0 Å². The molecule has 0 radical (unpaired) electrons. The molecule has 8 rings (SSSR count). The standard InChI is InChI=1S/C26H28N2O6.C16H12ClNO.C10H17NO5.C4H9O.K/c1-26(2,3)34-25(31)28-15-18(13-22(28)24(29)30)33-23-14-20(16-8-6-5-7-9-16)27-21-12-17(32-4)10-11-19(21)23;1-19-12-7-8-13-14(17)10-15(18-16(13)9-12)11-5-3-2-4-6-11;1-10(2,3)16-9(15)11-5-6(12)4-7(11)8(13)14;1-4(2,3)5;/h5-12,14,18,22H,13,15H2,1-4H3,(H,29,30);2-10H,1H3;6-7,12H,4-5H2,1-3H3,(H,13,14);1-3H3;/q;;;-1;+1/t18-,22+;;6-,7+;;/m1.1../s1. The topological polar surface area (TPSA) is 230 Å². The molecule has 75 heavy (non-hydrogen) atoms. The summed E-state index contributed by atoms with van der Waals surface area (Å²) in [4.78, 5) is 58.8. The molecule has 2 aliphatic rings. The van der Waals surface area contributed by atoms with Gasteiger partial charge in [0.25, 0.3) is 0 Å². The number of aliphatic carboxylic acids is 2. The minimum atomic E-state index is -1.12. The number of rotatable bonds is 8. The Hall–Kier alpha value is -5.57. The molecule has 2 aliphatic heterocycles. The second-order valence-corrected chi connectivity index (χ2v) is 20.9. The van der Waals surface area contributed by atoms with Crippen LogP contribution in [0, 0.1) is 0 Å². The van der Waals surface area contributed by atoms with Gasteiger partial charge in [-0.3, -0.25) is 9.80 Å². The molecule has 2 aromatic heterocycles. The number of methoxy groups -OCH3 is 2. The molecule has 6 aromatic rings. The van der Waals surface area contributed by atoms with Gasteiger partial charge in [-0.1, -0.05) is 93.0 Å². The number of carboxylic acid groups (broad SMARTS) is 2. The van der Waals surface area contributed by atoms with Crippen molar-refractivity contribution < 1.29 is 115 Å². The second kappa shape index (κ2) is 27.0. The van der Waals surface area contributed by atoms with Crippen molar-refractivity contribution in [3.63, 3.8) is 0 Å². The van der Waals surface area contributed by atoms with Crippen LogP contribution in [-0.2, 0) is 19.1 Å². The number of fused-ring (bicyclic) bond motifs is 2. The summed E-state index contributed by atoms with van der Waals surface area (Å²) in [5, 5.41) is 40.5. The minimum absolute atomic E-state index is 0. The number of likely N-dealkylation sites (tertiary alicyclic amines) is 2. The Morgan fingerprint density at radius 3 is 1.47 bits per heavy atom. The Morgan fingerprint density at radius 1 is 0.613 bits per heavy atom. The summed E-state index contributed by atoms with van der Waals surface area (Å²) >= 11 is 6.33. The van der Waals surface area contributed by atoms with Gasteiger partial charge in [-0.25, -0.2) is 29.1 Å². The van der Waals surface area contributed by atoms with Gasteiger partial charge in [0.2, 0.25) is 0 Å². The number of aromatic nitrogens is 2. The molecule has 0 aliphatic carbocycles. The van der Waals surface area contributed by atoms with Gasteiger partial charge < -0.3 is 44.1 Å². The molecule has 4 atom stereocenters. The Kier molecular flexibility index (Phi) is 22.3. The average molecular weight is 1080 g/mol. The fourth-order valence-corrected chi connectivity index (χ4v) is 7.86. The monoisotopic (exact) mass is 1080 g/mol. The third-order valence-electron chi connectivity index (χ3n) is 10.7. The minimum Gasteiger partial charge on any atom is -0.850 e. The number of amides is 2. The third kappa shape index (κ3) is 18.9. The van der Waals surface area contributed by atoms with E-state index >= 15 is 0 Å². The van der Waals surface area contributed by atoms with Crippen molar-refractivity contribution in [1.29, 1.82) is 0 Å². The fourth-order valence-electron chi connectivity index (χ4n) is 7.60. The van der Waals surface area contributed by atoms with Crippen LogP contribution in [0.15, 0.2) is 109 Å². The molecule has 17 nitrogen and oxygen atoms in total. The Labute approximate surface area is 485 Å². The first kappa shape index (κ1) is 62.0. The van der Waals surface area contributed by atoms with Crippen LogP contribution in [0.5, 0.6) is 17.2 Å². The van der Waals surface area contributed by atoms with Gasteiger partial charge in [-0.05, 0) is 71.9 Å². The maximum Gasteiger partial charge on any atom is 1.00 e. The summed E-state index contributed by atoms with van der Waals surface area (Å²) < 4.78 is 27.4. The van der Waals surface area contributed by atoms with Crippen molar-refractivity contribution in [2.45, 2.75) is 116 Å². The summed E-state index contributed by atoms with van der Waals surface area (Å²) in [7, 11) is 3.24. The van der Waals surface area contributed by atoms with Crippen molar-refractivity contribution in [2.24, 2.45) is 0 Å². The number of benzene rings is 4. The number of nitrogens with zero attached hydrogens (tertiary/aromatic N) is 4. The second-order valence-electron chi connectivity index (χ2n) is 20.4. The molecule has 4 heterocycles. The van der Waals surface area contributed by atoms with Gasteiger partial charge >= 0.3 is 75.5 Å². The van der Waals surface area contributed by atoms with Gasteiger partial charge in [0.05, 0.1) is 60.9 Å². The molecule has 0 saturated carbocycles. The fraction of sp³-hybridized carbons (Fsp3) is 0.393. The number of hydrogen-bond acceptors (Lipinski definition) is 13. The molecule has 19 heteroatoms. The van der Waals surface area contributed by atoms with Crippen LogP contribution in [0.4, 0.5) is 9.59 Å². The summed E-state index contributed by atoms with van der Waals surface area (Å²) in [6, 6.07) is 32.6. The molecule has 396 valence electrons. The molecule has 0 spiro atoms. The van der Waals surface area contributed by atoms with Crippen molar-refractivity contribution in [3.8, 4) is 39.8 Å². The van der Waals surface area contributed by atoms with E-state index in [0.717, 1.165) is 43.8 Å². The molecular formula is C56H66ClKN4O13. The van der Waals surface area contributed by atoms with E-state index in [1.807, 2.05) is 109 Å². The molecule has 3 N–H and O–H groups in total. The van der Waals surface area contributed by atoms with Crippen molar-refractivity contribution in [1.82, 2.24) is 19.8 Å². The zero-order valence-corrected chi connectivity index (χ0v) is 48.5. The molecule has 4 aromatic carbocycles. The molecule has 0 bridgehead atoms. The van der Waals surface area contributed by atoms with E-state index in [-0.39, 0.29) is 77.3 Å². The van der Waals surface area contributed by atoms with Gasteiger partial charge in [0, 0.05) is 52.9 Å². The van der Waals surface area contributed by atoms with Crippen LogP contribution >= 0.6 is 11.6 Å². The third-order valence-corrected chi connectivity index (χ3v) is 11.1. The van der Waals surface area contributed by atoms with Crippen LogP contribution < -0.4 is 70.7 Å². The van der Waals surface area contributed by atoms with Gasteiger partial charge in [-0.2, -0.15) is 0 Å². The summed E-state index contributed by atoms with van der Waals surface area (Å²) in [6.07, 6.45) is -2.49. The number of aliphatic hydroxyl groups is 1. The Morgan fingerprint density at radius 2 is 1.03 bits per heavy atom. The number of carbonyl (C=O) groups excluding carboxylic acids is 2. The number of hydrogen-bond donors (Lipinski definition) is 3. The van der Waals surface area contributed by atoms with Crippen LogP contribution in [0.3, 0.4) is 0 Å². The van der Waals surface area contributed by atoms with Crippen LogP contribution in [0.2, 0.25) is 5.02 Å². The quantitative estimate of drug-likeness (QED) is 0.132. The predicted octanol–water partition coefficient (Wildman–Crippen LogP) is 6.91. The van der Waals surface area contributed by atoms with E-state index in [1.165, 1.54) is 4.90 Å². The van der Waals surface area contributed by atoms with E-state index in [4.69, 9.17) is 45.4 Å². The predicted molar refractivity (Wildman–Crippen MR) is 281 cm³/mol. The Bertz CT molecular complexity index is 2890. The van der Waals surface area contributed by atoms with Crippen LogP contribution in [0.25, 0.3) is 44.3 Å². The molecule has 2 amide bonds. The summed E-state index contributed by atoms with van der Waals surface area (Å²) in [5.74, 6) is -0.208. The van der Waals surface area contributed by atoms with Gasteiger partial charge in [0.1, 0.15) is 46.6 Å².